The highest BCUT2D eigenvalue weighted by atomic mass is 79.9. The Morgan fingerprint density at radius 1 is 1.21 bits per heavy atom. The standard InChI is InChI=1S/C19H16BrFN2O3S2/c20-13-6-7-15(14(21)9-13)23-16-10-28(25,26)11-17(16)27-19(23)22-18(24)8-12-4-2-1-3-5-12/h1-7,9,16-17H,8,10-11H2/t16-,17-/m1/s1. The first kappa shape index (κ1) is 19.6. The average Bonchev–Trinajstić information content (AvgIpc) is 3.07. The lowest BCUT2D eigenvalue weighted by atomic mass is 10.1. The third-order valence-corrected chi connectivity index (χ3v) is 8.36. The third kappa shape index (κ3) is 4.01. The molecule has 0 aromatic heterocycles. The van der Waals surface area contributed by atoms with Crippen LogP contribution in [0.15, 0.2) is 58.0 Å². The van der Waals surface area contributed by atoms with Crippen LogP contribution in [0.1, 0.15) is 5.56 Å². The van der Waals surface area contributed by atoms with Gasteiger partial charge in [0.1, 0.15) is 5.82 Å². The highest BCUT2D eigenvalue weighted by Gasteiger charge is 2.50. The first-order valence-electron chi connectivity index (χ1n) is 8.59. The number of fused-ring (bicyclic) bond motifs is 1. The molecule has 2 saturated heterocycles. The van der Waals surface area contributed by atoms with Crippen molar-refractivity contribution < 1.29 is 17.6 Å². The van der Waals surface area contributed by atoms with Crippen molar-refractivity contribution in [1.29, 1.82) is 0 Å². The van der Waals surface area contributed by atoms with Gasteiger partial charge in [0.05, 0.1) is 29.7 Å². The van der Waals surface area contributed by atoms with Gasteiger partial charge < -0.3 is 4.90 Å². The Kier molecular flexibility index (Phi) is 5.32. The van der Waals surface area contributed by atoms with Crippen LogP contribution in [-0.4, -0.2) is 42.3 Å². The summed E-state index contributed by atoms with van der Waals surface area (Å²) in [5.74, 6) is -0.920. The predicted molar refractivity (Wildman–Crippen MR) is 113 cm³/mol. The maximum absolute atomic E-state index is 14.6. The number of carbonyl (C=O) groups is 1. The van der Waals surface area contributed by atoms with E-state index in [4.69, 9.17) is 0 Å². The molecule has 146 valence electrons. The van der Waals surface area contributed by atoms with E-state index in [0.29, 0.717) is 9.64 Å². The van der Waals surface area contributed by atoms with Crippen molar-refractivity contribution in [3.05, 3.63) is 64.4 Å². The van der Waals surface area contributed by atoms with Crippen LogP contribution >= 0.6 is 27.7 Å². The molecule has 0 aliphatic carbocycles. The van der Waals surface area contributed by atoms with Crippen LogP contribution in [-0.2, 0) is 21.1 Å². The number of amidine groups is 1. The van der Waals surface area contributed by atoms with Crippen molar-refractivity contribution >= 4 is 54.3 Å². The maximum Gasteiger partial charge on any atom is 0.252 e. The number of nitrogens with zero attached hydrogens (tertiary/aromatic N) is 2. The van der Waals surface area contributed by atoms with Crippen LogP contribution in [0.2, 0.25) is 0 Å². The zero-order valence-corrected chi connectivity index (χ0v) is 17.8. The van der Waals surface area contributed by atoms with Gasteiger partial charge in [-0.15, -0.1) is 0 Å². The quantitative estimate of drug-likeness (QED) is 0.670. The van der Waals surface area contributed by atoms with Crippen LogP contribution < -0.4 is 4.90 Å². The van der Waals surface area contributed by atoms with Crippen molar-refractivity contribution in [2.24, 2.45) is 4.99 Å². The van der Waals surface area contributed by atoms with Gasteiger partial charge in [-0.1, -0.05) is 58.0 Å². The Labute approximate surface area is 175 Å². The van der Waals surface area contributed by atoms with E-state index in [-0.39, 0.29) is 34.8 Å². The Hall–Kier alpha value is -1.71. The van der Waals surface area contributed by atoms with E-state index >= 15 is 0 Å². The molecule has 5 nitrogen and oxygen atoms in total. The summed E-state index contributed by atoms with van der Waals surface area (Å²) < 4.78 is 39.4. The lowest BCUT2D eigenvalue weighted by molar-refractivity contribution is -0.117. The van der Waals surface area contributed by atoms with E-state index in [0.717, 1.165) is 5.56 Å². The van der Waals surface area contributed by atoms with Gasteiger partial charge in [0.2, 0.25) is 0 Å². The molecule has 0 unspecified atom stereocenters. The molecule has 0 radical (unpaired) electrons. The monoisotopic (exact) mass is 482 g/mol. The average molecular weight is 483 g/mol. The number of benzene rings is 2. The first-order valence-corrected chi connectivity index (χ1v) is 12.1. The molecule has 2 aromatic carbocycles. The predicted octanol–water partition coefficient (Wildman–Crippen LogP) is 3.43. The molecule has 0 saturated carbocycles. The van der Waals surface area contributed by atoms with Crippen molar-refractivity contribution in [1.82, 2.24) is 0 Å². The summed E-state index contributed by atoms with van der Waals surface area (Å²) >= 11 is 4.46. The van der Waals surface area contributed by atoms with Crippen molar-refractivity contribution in [3.8, 4) is 0 Å². The number of halogens is 2. The Morgan fingerprint density at radius 2 is 1.96 bits per heavy atom. The third-order valence-electron chi connectivity index (χ3n) is 4.65. The van der Waals surface area contributed by atoms with Gasteiger partial charge in [0.25, 0.3) is 5.91 Å². The fourth-order valence-electron chi connectivity index (χ4n) is 3.44. The molecule has 2 atom stereocenters. The summed E-state index contributed by atoms with van der Waals surface area (Å²) in [4.78, 5) is 18.3. The van der Waals surface area contributed by atoms with Gasteiger partial charge in [-0.3, -0.25) is 4.79 Å². The smallest absolute Gasteiger partial charge is 0.252 e. The topological polar surface area (TPSA) is 66.8 Å². The lowest BCUT2D eigenvalue weighted by Gasteiger charge is -2.25. The second-order valence-corrected chi connectivity index (χ2v) is 11.0. The van der Waals surface area contributed by atoms with E-state index in [1.165, 1.54) is 17.8 Å². The van der Waals surface area contributed by atoms with Crippen LogP contribution in [0.3, 0.4) is 0 Å². The number of carbonyl (C=O) groups excluding carboxylic acids is 1. The molecule has 2 heterocycles. The first-order chi connectivity index (χ1) is 13.3. The normalized spacial score (nSPS) is 24.5. The van der Waals surface area contributed by atoms with Gasteiger partial charge in [0.15, 0.2) is 15.0 Å². The van der Waals surface area contributed by atoms with E-state index < -0.39 is 21.7 Å². The molecular weight excluding hydrogens is 467 g/mol. The van der Waals surface area contributed by atoms with Crippen molar-refractivity contribution in [2.75, 3.05) is 16.4 Å². The van der Waals surface area contributed by atoms with Gasteiger partial charge >= 0.3 is 0 Å². The van der Waals surface area contributed by atoms with E-state index in [2.05, 4.69) is 20.9 Å². The van der Waals surface area contributed by atoms with E-state index in [1.54, 1.807) is 17.0 Å². The van der Waals surface area contributed by atoms with Crippen LogP contribution in [0, 0.1) is 5.82 Å². The molecule has 1 amide bonds. The minimum atomic E-state index is -3.20. The summed E-state index contributed by atoms with van der Waals surface area (Å²) in [6.07, 6.45) is 0.134. The maximum atomic E-state index is 14.6. The van der Waals surface area contributed by atoms with Crippen molar-refractivity contribution in [3.63, 3.8) is 0 Å². The highest BCUT2D eigenvalue weighted by Crippen LogP contribution is 2.42. The number of sulfone groups is 1. The molecule has 2 aliphatic heterocycles. The Balaban J connectivity index is 1.68. The highest BCUT2D eigenvalue weighted by molar-refractivity contribution is 9.10. The zero-order valence-electron chi connectivity index (χ0n) is 14.6. The molecule has 0 N–H and O–H groups in total. The SMILES string of the molecule is O=C(Cc1ccccc1)N=C1S[C@@H]2CS(=O)(=O)C[C@H]2N1c1ccc(Br)cc1F. The number of hydrogen-bond donors (Lipinski definition) is 0. The van der Waals surface area contributed by atoms with Crippen LogP contribution in [0.25, 0.3) is 0 Å². The molecule has 9 heteroatoms. The molecule has 2 aliphatic rings. The van der Waals surface area contributed by atoms with E-state index in [1.807, 2.05) is 30.3 Å². The van der Waals surface area contributed by atoms with E-state index in [9.17, 15) is 17.6 Å². The Bertz CT molecular complexity index is 1060. The molecule has 4 rings (SSSR count). The summed E-state index contributed by atoms with van der Waals surface area (Å²) in [6, 6.07) is 13.4. The summed E-state index contributed by atoms with van der Waals surface area (Å²) in [7, 11) is -3.20. The number of hydrogen-bond acceptors (Lipinski definition) is 4. The van der Waals surface area contributed by atoms with Crippen molar-refractivity contribution in [2.45, 2.75) is 17.7 Å². The molecule has 2 fully saturated rings. The van der Waals surface area contributed by atoms with Gasteiger partial charge in [-0.2, -0.15) is 4.99 Å². The molecule has 0 spiro atoms. The fourth-order valence-corrected chi connectivity index (χ4v) is 7.70. The Morgan fingerprint density at radius 3 is 2.68 bits per heavy atom. The largest absolute Gasteiger partial charge is 0.313 e. The molecule has 0 bridgehead atoms. The van der Waals surface area contributed by atoms with Crippen LogP contribution in [0.4, 0.5) is 10.1 Å². The van der Waals surface area contributed by atoms with Crippen LogP contribution in [0.5, 0.6) is 0 Å². The fraction of sp³-hybridized carbons (Fsp3) is 0.263. The summed E-state index contributed by atoms with van der Waals surface area (Å²) in [6.45, 7) is 0. The minimum absolute atomic E-state index is 0.00285. The second kappa shape index (κ2) is 7.61. The number of thioether (sulfide) groups is 1. The number of amides is 1. The number of anilines is 1. The molecular formula is C19H16BrFN2O3S2. The zero-order chi connectivity index (χ0) is 19.9. The minimum Gasteiger partial charge on any atom is -0.313 e. The van der Waals surface area contributed by atoms with Gasteiger partial charge in [-0.25, -0.2) is 12.8 Å². The second-order valence-electron chi connectivity index (χ2n) is 6.72. The van der Waals surface area contributed by atoms with Gasteiger partial charge in [-0.05, 0) is 23.8 Å². The summed E-state index contributed by atoms with van der Waals surface area (Å²) in [5, 5.41) is 0.0865. The summed E-state index contributed by atoms with van der Waals surface area (Å²) in [5.41, 5.74) is 1.07. The van der Waals surface area contributed by atoms with Gasteiger partial charge in [0, 0.05) is 9.72 Å². The molecule has 28 heavy (non-hydrogen) atoms. The number of aliphatic imine (C=N–C) groups is 1. The molecule has 2 aromatic rings. The lowest BCUT2D eigenvalue weighted by Crippen LogP contribution is -2.38. The number of rotatable bonds is 3.